The summed E-state index contributed by atoms with van der Waals surface area (Å²) in [5.74, 6) is -0.180. The first kappa shape index (κ1) is 18.6. The Bertz CT molecular complexity index is 479. The lowest BCUT2D eigenvalue weighted by Crippen LogP contribution is -2.51. The number of benzene rings is 1. The standard InChI is InChI=1S/C14H18F2N2O3.ClH/c1-20-14(6-8-17-9-7-14)12(19)18-10-2-4-11(5-3-10)21-13(15)16;/h2-5,13,17H,6-9H2,1H3,(H,18,19);1H. The molecule has 0 bridgehead atoms. The number of hydrogen-bond acceptors (Lipinski definition) is 4. The fraction of sp³-hybridized carbons (Fsp3) is 0.500. The topological polar surface area (TPSA) is 59.6 Å². The van der Waals surface area contributed by atoms with Crippen molar-refractivity contribution >= 4 is 24.0 Å². The Kier molecular flexibility index (Phi) is 6.99. The Hall–Kier alpha value is -1.44. The predicted octanol–water partition coefficient (Wildman–Crippen LogP) is 2.42. The Labute approximate surface area is 133 Å². The molecule has 2 rings (SSSR count). The Morgan fingerprint density at radius 3 is 2.36 bits per heavy atom. The van der Waals surface area contributed by atoms with Gasteiger partial charge in [-0.25, -0.2) is 0 Å². The minimum absolute atomic E-state index is 0. The molecule has 1 amide bonds. The molecule has 0 unspecified atom stereocenters. The van der Waals surface area contributed by atoms with Crippen LogP contribution in [0.4, 0.5) is 14.5 Å². The summed E-state index contributed by atoms with van der Waals surface area (Å²) in [4.78, 5) is 12.4. The Morgan fingerprint density at radius 2 is 1.86 bits per heavy atom. The van der Waals surface area contributed by atoms with Crippen molar-refractivity contribution < 1.29 is 23.0 Å². The molecule has 8 heteroatoms. The van der Waals surface area contributed by atoms with Crippen LogP contribution in [0.1, 0.15) is 12.8 Å². The fourth-order valence-corrected chi connectivity index (χ4v) is 2.32. The molecular formula is C14H19ClF2N2O3. The van der Waals surface area contributed by atoms with E-state index < -0.39 is 12.2 Å². The number of amides is 1. The number of hydrogen-bond donors (Lipinski definition) is 2. The van der Waals surface area contributed by atoms with E-state index in [4.69, 9.17) is 4.74 Å². The van der Waals surface area contributed by atoms with E-state index in [1.165, 1.54) is 31.4 Å². The molecule has 0 radical (unpaired) electrons. The van der Waals surface area contributed by atoms with E-state index in [-0.39, 0.29) is 24.1 Å². The lowest BCUT2D eigenvalue weighted by Gasteiger charge is -2.34. The van der Waals surface area contributed by atoms with Gasteiger partial charge in [0.2, 0.25) is 0 Å². The van der Waals surface area contributed by atoms with Crippen LogP contribution >= 0.6 is 12.4 Å². The molecule has 0 spiro atoms. The largest absolute Gasteiger partial charge is 0.435 e. The van der Waals surface area contributed by atoms with Crippen molar-refractivity contribution in [3.63, 3.8) is 0 Å². The summed E-state index contributed by atoms with van der Waals surface area (Å²) in [5.41, 5.74) is -0.333. The molecule has 22 heavy (non-hydrogen) atoms. The van der Waals surface area contributed by atoms with Gasteiger partial charge in [0.15, 0.2) is 0 Å². The minimum Gasteiger partial charge on any atom is -0.435 e. The lowest BCUT2D eigenvalue weighted by atomic mass is 9.91. The second kappa shape index (κ2) is 8.26. The van der Waals surface area contributed by atoms with Crippen LogP contribution in [0.3, 0.4) is 0 Å². The molecule has 0 saturated carbocycles. The van der Waals surface area contributed by atoms with Gasteiger partial charge in [0.05, 0.1) is 0 Å². The number of anilines is 1. The number of methoxy groups -OCH3 is 1. The molecule has 1 aliphatic heterocycles. The number of rotatable bonds is 5. The summed E-state index contributed by atoms with van der Waals surface area (Å²) < 4.78 is 33.8. The van der Waals surface area contributed by atoms with Crippen LogP contribution in [0.2, 0.25) is 0 Å². The SMILES string of the molecule is COC1(C(=O)Nc2ccc(OC(F)F)cc2)CCNCC1.Cl. The molecule has 1 aromatic rings. The molecule has 124 valence electrons. The van der Waals surface area contributed by atoms with Crippen molar-refractivity contribution in [2.45, 2.75) is 25.1 Å². The van der Waals surface area contributed by atoms with Gasteiger partial charge >= 0.3 is 6.61 Å². The smallest absolute Gasteiger partial charge is 0.387 e. The zero-order chi connectivity index (χ0) is 15.3. The van der Waals surface area contributed by atoms with Gasteiger partial charge in [0.25, 0.3) is 5.91 Å². The van der Waals surface area contributed by atoms with Crippen molar-refractivity contribution in [1.82, 2.24) is 5.32 Å². The number of halogens is 3. The highest BCUT2D eigenvalue weighted by atomic mass is 35.5. The first-order valence-corrected chi connectivity index (χ1v) is 6.68. The van der Waals surface area contributed by atoms with E-state index in [2.05, 4.69) is 15.4 Å². The molecular weight excluding hydrogens is 318 g/mol. The van der Waals surface area contributed by atoms with Crippen molar-refractivity contribution in [2.24, 2.45) is 0 Å². The Balaban J connectivity index is 0.00000242. The van der Waals surface area contributed by atoms with Gasteiger partial charge in [0.1, 0.15) is 11.4 Å². The van der Waals surface area contributed by atoms with Crippen LogP contribution < -0.4 is 15.4 Å². The van der Waals surface area contributed by atoms with Gasteiger partial charge in [-0.05, 0) is 50.2 Å². The minimum atomic E-state index is -2.86. The maximum absolute atomic E-state index is 12.4. The van der Waals surface area contributed by atoms with Gasteiger partial charge in [-0.1, -0.05) is 0 Å². The second-order valence-electron chi connectivity index (χ2n) is 4.81. The third-order valence-electron chi connectivity index (χ3n) is 3.55. The normalized spacial score (nSPS) is 16.7. The average Bonchev–Trinajstić information content (AvgIpc) is 2.49. The summed E-state index contributed by atoms with van der Waals surface area (Å²) in [6.07, 6.45) is 1.17. The van der Waals surface area contributed by atoms with Crippen molar-refractivity contribution in [1.29, 1.82) is 0 Å². The van der Waals surface area contributed by atoms with E-state index in [0.717, 1.165) is 0 Å². The van der Waals surface area contributed by atoms with E-state index >= 15 is 0 Å². The number of alkyl halides is 2. The summed E-state index contributed by atoms with van der Waals surface area (Å²) in [6, 6.07) is 5.79. The maximum atomic E-state index is 12.4. The number of piperidine rings is 1. The average molecular weight is 337 g/mol. The van der Waals surface area contributed by atoms with Crippen LogP contribution in [0.5, 0.6) is 5.75 Å². The van der Waals surface area contributed by atoms with Gasteiger partial charge in [-0.2, -0.15) is 8.78 Å². The molecule has 1 fully saturated rings. The molecule has 1 aliphatic rings. The predicted molar refractivity (Wildman–Crippen MR) is 80.8 cm³/mol. The van der Waals surface area contributed by atoms with Crippen LogP contribution in [-0.2, 0) is 9.53 Å². The van der Waals surface area contributed by atoms with Gasteiger partial charge < -0.3 is 20.1 Å². The molecule has 0 aromatic heterocycles. The summed E-state index contributed by atoms with van der Waals surface area (Å²) in [5, 5.41) is 5.92. The van der Waals surface area contributed by atoms with E-state index in [0.29, 0.717) is 31.6 Å². The summed E-state index contributed by atoms with van der Waals surface area (Å²) in [7, 11) is 1.52. The van der Waals surface area contributed by atoms with Crippen molar-refractivity contribution in [2.75, 3.05) is 25.5 Å². The highest BCUT2D eigenvalue weighted by Gasteiger charge is 2.39. The highest BCUT2D eigenvalue weighted by Crippen LogP contribution is 2.25. The summed E-state index contributed by atoms with van der Waals surface area (Å²) in [6.45, 7) is -1.44. The first-order chi connectivity index (χ1) is 10.1. The number of ether oxygens (including phenoxy) is 2. The number of carbonyl (C=O) groups is 1. The first-order valence-electron chi connectivity index (χ1n) is 6.68. The van der Waals surface area contributed by atoms with Crippen LogP contribution in [0.25, 0.3) is 0 Å². The molecule has 1 heterocycles. The van der Waals surface area contributed by atoms with Gasteiger partial charge in [-0.3, -0.25) is 4.79 Å². The maximum Gasteiger partial charge on any atom is 0.387 e. The number of carbonyl (C=O) groups excluding carboxylic acids is 1. The number of nitrogens with one attached hydrogen (secondary N) is 2. The van der Waals surface area contributed by atoms with Gasteiger partial charge in [0, 0.05) is 12.8 Å². The zero-order valence-electron chi connectivity index (χ0n) is 12.1. The van der Waals surface area contributed by atoms with E-state index in [1.54, 1.807) is 0 Å². The molecule has 1 saturated heterocycles. The van der Waals surface area contributed by atoms with Crippen molar-refractivity contribution in [3.05, 3.63) is 24.3 Å². The van der Waals surface area contributed by atoms with Crippen LogP contribution in [0.15, 0.2) is 24.3 Å². The molecule has 0 aliphatic carbocycles. The van der Waals surface area contributed by atoms with Crippen LogP contribution in [0, 0.1) is 0 Å². The molecule has 2 N–H and O–H groups in total. The summed E-state index contributed by atoms with van der Waals surface area (Å²) >= 11 is 0. The monoisotopic (exact) mass is 336 g/mol. The molecule has 0 atom stereocenters. The lowest BCUT2D eigenvalue weighted by molar-refractivity contribution is -0.140. The second-order valence-corrected chi connectivity index (χ2v) is 4.81. The third-order valence-corrected chi connectivity index (χ3v) is 3.55. The van der Waals surface area contributed by atoms with Crippen molar-refractivity contribution in [3.8, 4) is 5.75 Å². The van der Waals surface area contributed by atoms with Gasteiger partial charge in [-0.15, -0.1) is 12.4 Å². The third kappa shape index (κ3) is 4.53. The molecule has 1 aromatic carbocycles. The fourth-order valence-electron chi connectivity index (χ4n) is 2.32. The zero-order valence-corrected chi connectivity index (χ0v) is 12.9. The molecule has 5 nitrogen and oxygen atoms in total. The van der Waals surface area contributed by atoms with E-state index in [9.17, 15) is 13.6 Å². The highest BCUT2D eigenvalue weighted by molar-refractivity contribution is 5.97. The van der Waals surface area contributed by atoms with Crippen LogP contribution in [-0.4, -0.2) is 38.3 Å². The van der Waals surface area contributed by atoms with E-state index in [1.807, 2.05) is 0 Å². The quantitative estimate of drug-likeness (QED) is 0.867. The Morgan fingerprint density at radius 1 is 1.27 bits per heavy atom.